The van der Waals surface area contributed by atoms with Gasteiger partial charge < -0.3 is 10.2 Å². The summed E-state index contributed by atoms with van der Waals surface area (Å²) in [5.74, 6) is -0.310. The average Bonchev–Trinajstić information content (AvgIpc) is 3.07. The van der Waals surface area contributed by atoms with Crippen LogP contribution in [0.25, 0.3) is 11.8 Å². The van der Waals surface area contributed by atoms with E-state index in [1.54, 1.807) is 35.2 Å². The third kappa shape index (κ3) is 5.09. The van der Waals surface area contributed by atoms with Crippen LogP contribution in [0.1, 0.15) is 41.2 Å². The van der Waals surface area contributed by atoms with Crippen LogP contribution in [0.15, 0.2) is 60.7 Å². The number of aryl methyl sites for hydroxylation is 1. The number of nitrogens with one attached hydrogen (secondary N) is 1. The first-order valence-corrected chi connectivity index (χ1v) is 10.4. The normalized spacial score (nSPS) is 11.0. The summed E-state index contributed by atoms with van der Waals surface area (Å²) in [4.78, 5) is 26.8. The number of para-hydroxylation sites is 1. The highest BCUT2D eigenvalue weighted by Crippen LogP contribution is 2.19. The lowest BCUT2D eigenvalue weighted by Crippen LogP contribution is -2.30. The van der Waals surface area contributed by atoms with Gasteiger partial charge in [-0.2, -0.15) is 5.10 Å². The van der Waals surface area contributed by atoms with Crippen molar-refractivity contribution in [1.82, 2.24) is 14.7 Å². The zero-order valence-electron chi connectivity index (χ0n) is 18.4. The van der Waals surface area contributed by atoms with Gasteiger partial charge in [0.05, 0.1) is 11.4 Å². The van der Waals surface area contributed by atoms with Gasteiger partial charge >= 0.3 is 0 Å². The first-order valence-electron chi connectivity index (χ1n) is 10.4. The van der Waals surface area contributed by atoms with Crippen molar-refractivity contribution in [3.63, 3.8) is 0 Å². The molecule has 160 valence electrons. The molecule has 0 radical (unpaired) electrons. The fourth-order valence-corrected chi connectivity index (χ4v) is 3.48. The molecule has 0 bridgehead atoms. The van der Waals surface area contributed by atoms with E-state index in [2.05, 4.69) is 10.4 Å². The molecule has 2 amide bonds. The molecule has 0 aliphatic heterocycles. The standard InChI is InChI=1S/C25H28N4O2/c1-5-28(6-2)25(31)20-11-10-12-21(17-20)26-24(30)16-15-23-18(3)27-29(19(23)4)22-13-8-7-9-14-22/h7-17H,5-6H2,1-4H3,(H,26,30)/b16-15-. The average molecular weight is 417 g/mol. The second-order valence-corrected chi connectivity index (χ2v) is 7.21. The third-order valence-electron chi connectivity index (χ3n) is 5.18. The molecule has 0 aliphatic carbocycles. The maximum absolute atomic E-state index is 12.5. The summed E-state index contributed by atoms with van der Waals surface area (Å²) in [5, 5.41) is 7.43. The molecule has 0 aliphatic rings. The Morgan fingerprint density at radius 2 is 1.74 bits per heavy atom. The Hall–Kier alpha value is -3.67. The van der Waals surface area contributed by atoms with Gasteiger partial charge in [0.15, 0.2) is 0 Å². The van der Waals surface area contributed by atoms with Crippen LogP contribution >= 0.6 is 0 Å². The van der Waals surface area contributed by atoms with Gasteiger partial charge in [0, 0.05) is 41.7 Å². The van der Waals surface area contributed by atoms with Crippen LogP contribution in [-0.2, 0) is 4.79 Å². The summed E-state index contributed by atoms with van der Waals surface area (Å²) >= 11 is 0. The van der Waals surface area contributed by atoms with E-state index in [1.165, 1.54) is 6.08 Å². The van der Waals surface area contributed by atoms with E-state index in [4.69, 9.17) is 0 Å². The van der Waals surface area contributed by atoms with Gasteiger partial charge in [0.2, 0.25) is 5.91 Å². The van der Waals surface area contributed by atoms with E-state index >= 15 is 0 Å². The Bertz CT molecular complexity index is 1100. The lowest BCUT2D eigenvalue weighted by Gasteiger charge is -2.18. The van der Waals surface area contributed by atoms with Crippen LogP contribution in [0, 0.1) is 13.8 Å². The second-order valence-electron chi connectivity index (χ2n) is 7.21. The molecule has 1 heterocycles. The predicted octanol–water partition coefficient (Wildman–Crippen LogP) is 4.62. The molecule has 0 saturated heterocycles. The lowest BCUT2D eigenvalue weighted by molar-refractivity contribution is -0.111. The molecule has 0 spiro atoms. The van der Waals surface area contributed by atoms with Crippen molar-refractivity contribution in [3.05, 3.63) is 83.2 Å². The summed E-state index contributed by atoms with van der Waals surface area (Å²) in [6, 6.07) is 16.9. The topological polar surface area (TPSA) is 67.2 Å². The van der Waals surface area contributed by atoms with E-state index < -0.39 is 0 Å². The maximum Gasteiger partial charge on any atom is 0.253 e. The SMILES string of the molecule is CCN(CC)C(=O)c1cccc(NC(=O)/C=C\c2c(C)nn(-c3ccccc3)c2C)c1. The van der Waals surface area contributed by atoms with Crippen LogP contribution in [0.4, 0.5) is 5.69 Å². The smallest absolute Gasteiger partial charge is 0.253 e. The summed E-state index contributed by atoms with van der Waals surface area (Å²) < 4.78 is 1.87. The zero-order valence-corrected chi connectivity index (χ0v) is 18.4. The number of rotatable bonds is 7. The Balaban J connectivity index is 1.74. The Labute approximate surface area is 183 Å². The molecule has 3 aromatic rings. The third-order valence-corrected chi connectivity index (χ3v) is 5.18. The molecule has 0 fully saturated rings. The molecular weight excluding hydrogens is 388 g/mol. The highest BCUT2D eigenvalue weighted by atomic mass is 16.2. The predicted molar refractivity (Wildman–Crippen MR) is 124 cm³/mol. The largest absolute Gasteiger partial charge is 0.339 e. The number of nitrogens with zero attached hydrogens (tertiary/aromatic N) is 3. The van der Waals surface area contributed by atoms with Crippen LogP contribution < -0.4 is 5.32 Å². The molecule has 1 N–H and O–H groups in total. The first kappa shape index (κ1) is 22.0. The van der Waals surface area contributed by atoms with Crippen molar-refractivity contribution in [2.45, 2.75) is 27.7 Å². The molecular formula is C25H28N4O2. The van der Waals surface area contributed by atoms with Gasteiger partial charge in [0.1, 0.15) is 0 Å². The van der Waals surface area contributed by atoms with Gasteiger partial charge in [-0.25, -0.2) is 4.68 Å². The van der Waals surface area contributed by atoms with E-state index in [0.717, 1.165) is 22.6 Å². The summed E-state index contributed by atoms with van der Waals surface area (Å²) in [7, 11) is 0. The molecule has 1 aromatic heterocycles. The summed E-state index contributed by atoms with van der Waals surface area (Å²) in [6.45, 7) is 9.08. The first-order chi connectivity index (χ1) is 14.9. The Kier molecular flexibility index (Phi) is 7.03. The van der Waals surface area contributed by atoms with Crippen molar-refractivity contribution in [1.29, 1.82) is 0 Å². The number of hydrogen-bond acceptors (Lipinski definition) is 3. The fraction of sp³-hybridized carbons (Fsp3) is 0.240. The zero-order chi connectivity index (χ0) is 22.4. The molecule has 31 heavy (non-hydrogen) atoms. The number of carbonyl (C=O) groups excluding carboxylic acids is 2. The monoisotopic (exact) mass is 416 g/mol. The number of carbonyl (C=O) groups is 2. The highest BCUT2D eigenvalue weighted by molar-refractivity contribution is 6.03. The second kappa shape index (κ2) is 9.89. The van der Waals surface area contributed by atoms with Crippen molar-refractivity contribution in [3.8, 4) is 5.69 Å². The number of benzene rings is 2. The van der Waals surface area contributed by atoms with E-state index in [0.29, 0.717) is 24.3 Å². The van der Waals surface area contributed by atoms with Crippen LogP contribution in [-0.4, -0.2) is 39.6 Å². The minimum absolute atomic E-state index is 0.0452. The van der Waals surface area contributed by atoms with Gasteiger partial charge in [-0.3, -0.25) is 9.59 Å². The summed E-state index contributed by atoms with van der Waals surface area (Å²) in [6.07, 6.45) is 3.27. The number of hydrogen-bond donors (Lipinski definition) is 1. The van der Waals surface area contributed by atoms with Crippen LogP contribution in [0.3, 0.4) is 0 Å². The lowest BCUT2D eigenvalue weighted by atomic mass is 10.1. The molecule has 3 rings (SSSR count). The van der Waals surface area contributed by atoms with Crippen molar-refractivity contribution >= 4 is 23.6 Å². The van der Waals surface area contributed by atoms with Crippen molar-refractivity contribution in [2.75, 3.05) is 18.4 Å². The Morgan fingerprint density at radius 3 is 2.42 bits per heavy atom. The summed E-state index contributed by atoms with van der Waals surface area (Å²) in [5.41, 5.74) is 4.82. The molecule has 0 unspecified atom stereocenters. The van der Waals surface area contributed by atoms with Gasteiger partial charge in [-0.05, 0) is 64.1 Å². The number of amides is 2. The maximum atomic E-state index is 12.5. The molecule has 6 heteroatoms. The fourth-order valence-electron chi connectivity index (χ4n) is 3.48. The van der Waals surface area contributed by atoms with Gasteiger partial charge in [0.25, 0.3) is 5.91 Å². The van der Waals surface area contributed by atoms with Gasteiger partial charge in [-0.15, -0.1) is 0 Å². The number of anilines is 1. The minimum Gasteiger partial charge on any atom is -0.339 e. The molecule has 2 aromatic carbocycles. The molecule has 0 saturated carbocycles. The van der Waals surface area contributed by atoms with Crippen molar-refractivity contribution < 1.29 is 9.59 Å². The van der Waals surface area contributed by atoms with Gasteiger partial charge in [-0.1, -0.05) is 24.3 Å². The van der Waals surface area contributed by atoms with E-state index in [1.807, 2.05) is 62.7 Å². The number of aromatic nitrogens is 2. The molecule has 0 atom stereocenters. The Morgan fingerprint density at radius 1 is 1.03 bits per heavy atom. The van der Waals surface area contributed by atoms with Crippen molar-refractivity contribution in [2.24, 2.45) is 0 Å². The molecule has 6 nitrogen and oxygen atoms in total. The van der Waals surface area contributed by atoms with Crippen LogP contribution in [0.5, 0.6) is 0 Å². The van der Waals surface area contributed by atoms with E-state index in [-0.39, 0.29) is 11.8 Å². The quantitative estimate of drug-likeness (QED) is 0.572. The minimum atomic E-state index is -0.265. The highest BCUT2D eigenvalue weighted by Gasteiger charge is 2.13. The van der Waals surface area contributed by atoms with E-state index in [9.17, 15) is 9.59 Å². The van der Waals surface area contributed by atoms with Crippen LogP contribution in [0.2, 0.25) is 0 Å².